The van der Waals surface area contributed by atoms with Gasteiger partial charge in [-0.15, -0.1) is 0 Å². The van der Waals surface area contributed by atoms with Crippen LogP contribution in [0.2, 0.25) is 0 Å². The first-order valence-electron chi connectivity index (χ1n) is 8.30. The molecule has 0 radical (unpaired) electrons. The zero-order valence-electron chi connectivity index (χ0n) is 14.2. The van der Waals surface area contributed by atoms with Crippen LogP contribution in [0, 0.1) is 13.8 Å². The molecule has 1 saturated heterocycles. The van der Waals surface area contributed by atoms with Gasteiger partial charge in [0.1, 0.15) is 0 Å². The number of carbonyl (C=O) groups is 3. The van der Waals surface area contributed by atoms with Crippen LogP contribution in [0.5, 0.6) is 0 Å². The Balaban J connectivity index is 2.07. The molecular formula is C18H24N2O4. The summed E-state index contributed by atoms with van der Waals surface area (Å²) in [4.78, 5) is 37.2. The largest absolute Gasteiger partial charge is 0.478 e. The quantitative estimate of drug-likeness (QED) is 0.887. The summed E-state index contributed by atoms with van der Waals surface area (Å²) in [5.74, 6) is -1.31. The van der Waals surface area contributed by atoms with Crippen molar-refractivity contribution in [2.75, 3.05) is 18.4 Å². The molecular weight excluding hydrogens is 308 g/mol. The molecule has 2 rings (SSSR count). The minimum Gasteiger partial charge on any atom is -0.478 e. The average molecular weight is 332 g/mol. The summed E-state index contributed by atoms with van der Waals surface area (Å²) in [6.07, 6.45) is 4.40. The van der Waals surface area contributed by atoms with E-state index in [0.29, 0.717) is 24.2 Å². The van der Waals surface area contributed by atoms with Crippen LogP contribution in [-0.4, -0.2) is 40.9 Å². The number of aryl methyl sites for hydroxylation is 2. The van der Waals surface area contributed by atoms with Crippen LogP contribution in [0.3, 0.4) is 0 Å². The number of benzene rings is 1. The first-order chi connectivity index (χ1) is 11.4. The number of likely N-dealkylation sites (tertiary alicyclic amines) is 1. The van der Waals surface area contributed by atoms with Crippen LogP contribution in [0.4, 0.5) is 5.69 Å². The Morgan fingerprint density at radius 3 is 2.54 bits per heavy atom. The topological polar surface area (TPSA) is 86.7 Å². The Morgan fingerprint density at radius 2 is 1.83 bits per heavy atom. The van der Waals surface area contributed by atoms with Crippen molar-refractivity contribution in [3.8, 4) is 0 Å². The lowest BCUT2D eigenvalue weighted by Crippen LogP contribution is -2.39. The lowest BCUT2D eigenvalue weighted by Gasteiger charge is -2.24. The van der Waals surface area contributed by atoms with Crippen LogP contribution in [0.1, 0.15) is 53.6 Å². The second kappa shape index (κ2) is 7.95. The molecule has 130 valence electrons. The fraction of sp³-hybridized carbons (Fsp3) is 0.500. The van der Waals surface area contributed by atoms with Gasteiger partial charge >= 0.3 is 5.97 Å². The second-order valence-corrected chi connectivity index (χ2v) is 6.31. The Kier molecular flexibility index (Phi) is 5.95. The highest BCUT2D eigenvalue weighted by Crippen LogP contribution is 2.21. The number of carboxylic acid groups (broad SMARTS) is 1. The first-order valence-corrected chi connectivity index (χ1v) is 8.30. The summed E-state index contributed by atoms with van der Waals surface area (Å²) in [5, 5.41) is 11.9. The van der Waals surface area contributed by atoms with E-state index in [9.17, 15) is 19.5 Å². The summed E-state index contributed by atoms with van der Waals surface area (Å²) in [6.45, 7) is 4.14. The summed E-state index contributed by atoms with van der Waals surface area (Å²) < 4.78 is 0. The lowest BCUT2D eigenvalue weighted by atomic mass is 10.0. The van der Waals surface area contributed by atoms with Crippen LogP contribution in [0.25, 0.3) is 0 Å². The molecule has 1 aliphatic rings. The van der Waals surface area contributed by atoms with E-state index in [1.807, 2.05) is 6.92 Å². The molecule has 2 N–H and O–H groups in total. The maximum absolute atomic E-state index is 12.3. The summed E-state index contributed by atoms with van der Waals surface area (Å²) >= 11 is 0. The van der Waals surface area contributed by atoms with Gasteiger partial charge in [0.25, 0.3) is 0 Å². The predicted molar refractivity (Wildman–Crippen MR) is 91.2 cm³/mol. The lowest BCUT2D eigenvalue weighted by molar-refractivity contribution is -0.135. The van der Waals surface area contributed by atoms with Crippen molar-refractivity contribution in [1.82, 2.24) is 4.90 Å². The van der Waals surface area contributed by atoms with Crippen LogP contribution >= 0.6 is 0 Å². The number of rotatable bonds is 4. The van der Waals surface area contributed by atoms with Crippen molar-refractivity contribution in [1.29, 1.82) is 0 Å². The molecule has 1 aromatic carbocycles. The second-order valence-electron chi connectivity index (χ2n) is 6.31. The molecule has 0 unspecified atom stereocenters. The number of anilines is 1. The van der Waals surface area contributed by atoms with E-state index in [1.165, 1.54) is 6.07 Å². The number of nitrogens with zero attached hydrogens (tertiary/aromatic N) is 1. The highest BCUT2D eigenvalue weighted by molar-refractivity contribution is 5.97. The van der Waals surface area contributed by atoms with Gasteiger partial charge < -0.3 is 15.3 Å². The molecule has 0 atom stereocenters. The summed E-state index contributed by atoms with van der Waals surface area (Å²) in [5.41, 5.74) is 2.09. The predicted octanol–water partition coefficient (Wildman–Crippen LogP) is 2.73. The number of carboxylic acids is 1. The zero-order chi connectivity index (χ0) is 17.7. The highest BCUT2D eigenvalue weighted by Gasteiger charge is 2.19. The molecule has 0 aliphatic carbocycles. The van der Waals surface area contributed by atoms with Gasteiger partial charge in [-0.1, -0.05) is 18.9 Å². The van der Waals surface area contributed by atoms with Crippen LogP contribution in [0.15, 0.2) is 12.1 Å². The maximum atomic E-state index is 12.3. The first kappa shape index (κ1) is 18.0. The van der Waals surface area contributed by atoms with Crippen molar-refractivity contribution in [3.63, 3.8) is 0 Å². The smallest absolute Gasteiger partial charge is 0.336 e. The molecule has 2 amide bonds. The van der Waals surface area contributed by atoms with Crippen molar-refractivity contribution >= 4 is 23.5 Å². The minimum absolute atomic E-state index is 0.00849. The van der Waals surface area contributed by atoms with Gasteiger partial charge in [-0.25, -0.2) is 4.79 Å². The fourth-order valence-electron chi connectivity index (χ4n) is 2.96. The van der Waals surface area contributed by atoms with E-state index in [1.54, 1.807) is 17.9 Å². The van der Waals surface area contributed by atoms with Gasteiger partial charge in [0.05, 0.1) is 12.1 Å². The van der Waals surface area contributed by atoms with Crippen LogP contribution in [-0.2, 0) is 9.59 Å². The molecule has 1 aromatic rings. The van der Waals surface area contributed by atoms with Gasteiger partial charge in [0.15, 0.2) is 0 Å². The van der Waals surface area contributed by atoms with E-state index >= 15 is 0 Å². The SMILES string of the molecule is Cc1cc(C)c(C(=O)O)cc1NC(=O)CN1CCCCCCC1=O. The summed E-state index contributed by atoms with van der Waals surface area (Å²) in [7, 11) is 0. The Labute approximate surface area is 141 Å². The monoisotopic (exact) mass is 332 g/mol. The van der Waals surface area contributed by atoms with Crippen molar-refractivity contribution < 1.29 is 19.5 Å². The third-order valence-electron chi connectivity index (χ3n) is 4.33. The number of hydrogen-bond acceptors (Lipinski definition) is 3. The number of amides is 2. The Hall–Kier alpha value is -2.37. The molecule has 0 spiro atoms. The number of nitrogens with one attached hydrogen (secondary N) is 1. The van der Waals surface area contributed by atoms with Gasteiger partial charge in [-0.3, -0.25) is 9.59 Å². The third kappa shape index (κ3) is 4.57. The molecule has 1 aliphatic heterocycles. The molecule has 24 heavy (non-hydrogen) atoms. The normalized spacial score (nSPS) is 15.6. The Morgan fingerprint density at radius 1 is 1.12 bits per heavy atom. The van der Waals surface area contributed by atoms with Gasteiger partial charge in [-0.05, 0) is 43.9 Å². The molecule has 0 saturated carbocycles. The van der Waals surface area contributed by atoms with Crippen molar-refractivity contribution in [2.45, 2.75) is 46.0 Å². The Bertz CT molecular complexity index is 655. The molecule has 1 heterocycles. The van der Waals surface area contributed by atoms with Crippen molar-refractivity contribution in [2.24, 2.45) is 0 Å². The number of aromatic carboxylic acids is 1. The molecule has 6 nitrogen and oxygen atoms in total. The van der Waals surface area contributed by atoms with E-state index in [-0.39, 0.29) is 23.9 Å². The number of hydrogen-bond donors (Lipinski definition) is 2. The van der Waals surface area contributed by atoms with Gasteiger partial charge in [-0.2, -0.15) is 0 Å². The molecule has 0 bridgehead atoms. The molecule has 1 fully saturated rings. The zero-order valence-corrected chi connectivity index (χ0v) is 14.2. The van der Waals surface area contributed by atoms with Gasteiger partial charge in [0.2, 0.25) is 11.8 Å². The standard InChI is InChI=1S/C18H24N2O4/c1-12-9-13(2)15(10-14(12)18(23)24)19-16(21)11-20-8-6-4-3-5-7-17(20)22/h9-10H,3-8,11H2,1-2H3,(H,19,21)(H,23,24). The number of carbonyl (C=O) groups excluding carboxylic acids is 2. The minimum atomic E-state index is -1.03. The molecule has 6 heteroatoms. The summed E-state index contributed by atoms with van der Waals surface area (Å²) in [6, 6.07) is 3.21. The highest BCUT2D eigenvalue weighted by atomic mass is 16.4. The van der Waals surface area contributed by atoms with Crippen LogP contribution < -0.4 is 5.32 Å². The van der Waals surface area contributed by atoms with Gasteiger partial charge in [0, 0.05) is 18.7 Å². The van der Waals surface area contributed by atoms with Crippen molar-refractivity contribution in [3.05, 3.63) is 28.8 Å². The van der Waals surface area contributed by atoms with E-state index < -0.39 is 5.97 Å². The fourth-order valence-corrected chi connectivity index (χ4v) is 2.96. The van der Waals surface area contributed by atoms with E-state index in [4.69, 9.17) is 0 Å². The van der Waals surface area contributed by atoms with E-state index in [2.05, 4.69) is 5.32 Å². The third-order valence-corrected chi connectivity index (χ3v) is 4.33. The maximum Gasteiger partial charge on any atom is 0.336 e. The molecule has 0 aromatic heterocycles. The average Bonchev–Trinajstić information content (AvgIpc) is 2.49. The van der Waals surface area contributed by atoms with E-state index in [0.717, 1.165) is 31.2 Å².